The third kappa shape index (κ3) is 2.70. The normalized spacial score (nSPS) is 12.5. The number of nitrogen functional groups attached to an aromatic ring is 2. The second kappa shape index (κ2) is 5.34. The van der Waals surface area contributed by atoms with Crippen molar-refractivity contribution in [3.05, 3.63) is 27.9 Å². The van der Waals surface area contributed by atoms with Gasteiger partial charge in [-0.3, -0.25) is 0 Å². The number of nitrogens with one attached hydrogen (secondary N) is 1. The fraction of sp³-hybridized carbons (Fsp3) is 0.167. The molecule has 2 heterocycles. The molecule has 3 rings (SSSR count). The fourth-order valence-electron chi connectivity index (χ4n) is 1.87. The van der Waals surface area contributed by atoms with E-state index in [2.05, 4.69) is 15.3 Å². The van der Waals surface area contributed by atoms with Crippen LogP contribution >= 0.6 is 23.2 Å². The third-order valence-corrected chi connectivity index (χ3v) is 3.54. The van der Waals surface area contributed by atoms with Crippen molar-refractivity contribution in [2.24, 2.45) is 0 Å². The summed E-state index contributed by atoms with van der Waals surface area (Å²) in [6.07, 6.45) is 0. The summed E-state index contributed by atoms with van der Waals surface area (Å²) in [5, 5.41) is 3.66. The highest BCUT2D eigenvalue weighted by atomic mass is 35.5. The molecule has 7 nitrogen and oxygen atoms in total. The summed E-state index contributed by atoms with van der Waals surface area (Å²) in [6.45, 7) is 0.556. The van der Waals surface area contributed by atoms with Gasteiger partial charge in [0, 0.05) is 17.6 Å². The largest absolute Gasteiger partial charge is 0.454 e. The zero-order valence-electron chi connectivity index (χ0n) is 10.7. The van der Waals surface area contributed by atoms with E-state index in [0.717, 1.165) is 5.56 Å². The molecule has 5 N–H and O–H groups in total. The van der Waals surface area contributed by atoms with Crippen molar-refractivity contribution in [3.63, 3.8) is 0 Å². The number of aromatic nitrogens is 2. The number of ether oxygens (including phenoxy) is 2. The van der Waals surface area contributed by atoms with Crippen LogP contribution in [0.2, 0.25) is 10.2 Å². The van der Waals surface area contributed by atoms with E-state index in [4.69, 9.17) is 44.1 Å². The van der Waals surface area contributed by atoms with Crippen molar-refractivity contribution < 1.29 is 9.47 Å². The first-order valence-electron chi connectivity index (χ1n) is 5.95. The number of nitrogens with two attached hydrogens (primary N) is 2. The molecular weight excluding hydrogens is 317 g/mol. The molecule has 9 heteroatoms. The number of nitrogens with zero attached hydrogens (tertiary/aromatic N) is 2. The summed E-state index contributed by atoms with van der Waals surface area (Å²) < 4.78 is 10.6. The molecule has 0 aliphatic carbocycles. The van der Waals surface area contributed by atoms with Crippen molar-refractivity contribution in [1.29, 1.82) is 0 Å². The van der Waals surface area contributed by atoms with Crippen molar-refractivity contribution >= 4 is 40.7 Å². The Hall–Kier alpha value is -2.12. The molecule has 0 fully saturated rings. The molecule has 0 bridgehead atoms. The van der Waals surface area contributed by atoms with Crippen molar-refractivity contribution in [2.45, 2.75) is 6.54 Å². The molecule has 0 spiro atoms. The van der Waals surface area contributed by atoms with Gasteiger partial charge in [0.25, 0.3) is 0 Å². The van der Waals surface area contributed by atoms with Gasteiger partial charge in [0.1, 0.15) is 5.69 Å². The van der Waals surface area contributed by atoms with Crippen LogP contribution < -0.4 is 26.3 Å². The van der Waals surface area contributed by atoms with E-state index in [1.165, 1.54) is 0 Å². The van der Waals surface area contributed by atoms with E-state index in [0.29, 0.717) is 28.9 Å². The van der Waals surface area contributed by atoms with Gasteiger partial charge < -0.3 is 26.3 Å². The maximum atomic E-state index is 6.19. The summed E-state index contributed by atoms with van der Waals surface area (Å²) in [6, 6.07) is 3.49. The molecule has 2 aromatic rings. The summed E-state index contributed by atoms with van der Waals surface area (Å²) in [4.78, 5) is 7.76. The molecule has 0 unspecified atom stereocenters. The van der Waals surface area contributed by atoms with E-state index in [-0.39, 0.29) is 23.6 Å². The first-order valence-corrected chi connectivity index (χ1v) is 6.70. The van der Waals surface area contributed by atoms with Gasteiger partial charge in [-0.25, -0.2) is 0 Å². The number of anilines is 3. The van der Waals surface area contributed by atoms with Crippen LogP contribution in [0.15, 0.2) is 12.1 Å². The first-order chi connectivity index (χ1) is 10.0. The Kier molecular flexibility index (Phi) is 3.52. The van der Waals surface area contributed by atoms with E-state index >= 15 is 0 Å². The molecule has 1 aliphatic heterocycles. The maximum Gasteiger partial charge on any atom is 0.231 e. The van der Waals surface area contributed by atoms with Gasteiger partial charge in [-0.05, 0) is 11.6 Å². The number of fused-ring (bicyclic) bond motifs is 1. The summed E-state index contributed by atoms with van der Waals surface area (Å²) in [5.74, 6) is 1.65. The monoisotopic (exact) mass is 327 g/mol. The lowest BCUT2D eigenvalue weighted by Crippen LogP contribution is -2.08. The van der Waals surface area contributed by atoms with Crippen LogP contribution in [0.3, 0.4) is 0 Å². The molecule has 110 valence electrons. The zero-order chi connectivity index (χ0) is 15.0. The maximum absolute atomic E-state index is 6.19. The van der Waals surface area contributed by atoms with Gasteiger partial charge in [-0.1, -0.05) is 23.2 Å². The topological polar surface area (TPSA) is 108 Å². The Bertz CT molecular complexity index is 711. The quantitative estimate of drug-likeness (QED) is 0.742. The van der Waals surface area contributed by atoms with Gasteiger partial charge in [0.05, 0.1) is 0 Å². The van der Waals surface area contributed by atoms with Crippen LogP contribution in [0.4, 0.5) is 17.5 Å². The minimum absolute atomic E-state index is 0.0356. The SMILES string of the molecule is Nc1nc(Cl)c(N)c(NCc2cc3c(cc2Cl)OCO3)n1. The van der Waals surface area contributed by atoms with Crippen molar-refractivity contribution in [3.8, 4) is 11.5 Å². The van der Waals surface area contributed by atoms with Gasteiger partial charge >= 0.3 is 0 Å². The average Bonchev–Trinajstić information content (AvgIpc) is 2.88. The highest BCUT2D eigenvalue weighted by Gasteiger charge is 2.17. The van der Waals surface area contributed by atoms with Gasteiger partial charge in [0.2, 0.25) is 12.7 Å². The Morgan fingerprint density at radius 1 is 1.14 bits per heavy atom. The number of rotatable bonds is 3. The number of halogens is 2. The summed E-state index contributed by atoms with van der Waals surface area (Å²) in [5.41, 5.74) is 12.4. The predicted molar refractivity (Wildman–Crippen MR) is 80.8 cm³/mol. The van der Waals surface area contributed by atoms with Crippen LogP contribution in [-0.4, -0.2) is 16.8 Å². The zero-order valence-corrected chi connectivity index (χ0v) is 12.2. The van der Waals surface area contributed by atoms with Gasteiger partial charge in [0.15, 0.2) is 22.5 Å². The molecule has 0 saturated carbocycles. The Morgan fingerprint density at radius 3 is 2.62 bits per heavy atom. The van der Waals surface area contributed by atoms with Gasteiger partial charge in [-0.15, -0.1) is 0 Å². The van der Waals surface area contributed by atoms with Crippen LogP contribution in [0, 0.1) is 0 Å². The summed E-state index contributed by atoms with van der Waals surface area (Å²) >= 11 is 12.0. The molecule has 0 saturated heterocycles. The smallest absolute Gasteiger partial charge is 0.231 e. The lowest BCUT2D eigenvalue weighted by Gasteiger charge is -2.11. The minimum atomic E-state index is 0.0356. The fourth-order valence-corrected chi connectivity index (χ4v) is 2.26. The first kappa shape index (κ1) is 13.8. The van der Waals surface area contributed by atoms with Crippen molar-refractivity contribution in [1.82, 2.24) is 9.97 Å². The molecule has 1 aliphatic rings. The molecule has 1 aromatic carbocycles. The molecule has 1 aromatic heterocycles. The molecule has 0 atom stereocenters. The number of benzene rings is 1. The molecule has 0 amide bonds. The Morgan fingerprint density at radius 2 is 1.86 bits per heavy atom. The van der Waals surface area contributed by atoms with Crippen LogP contribution in [0.1, 0.15) is 5.56 Å². The highest BCUT2D eigenvalue weighted by Crippen LogP contribution is 2.37. The molecular formula is C12H11Cl2N5O2. The van der Waals surface area contributed by atoms with E-state index < -0.39 is 0 Å². The predicted octanol–water partition coefficient (Wildman–Crippen LogP) is 2.29. The molecule has 0 radical (unpaired) electrons. The Labute approximate surface area is 130 Å². The minimum Gasteiger partial charge on any atom is -0.454 e. The second-order valence-electron chi connectivity index (χ2n) is 4.29. The summed E-state index contributed by atoms with van der Waals surface area (Å²) in [7, 11) is 0. The third-order valence-electron chi connectivity index (χ3n) is 2.90. The van der Waals surface area contributed by atoms with E-state index in [1.807, 2.05) is 0 Å². The number of hydrogen-bond acceptors (Lipinski definition) is 7. The lowest BCUT2D eigenvalue weighted by molar-refractivity contribution is 0.174. The van der Waals surface area contributed by atoms with E-state index in [9.17, 15) is 0 Å². The van der Waals surface area contributed by atoms with Crippen LogP contribution in [-0.2, 0) is 6.54 Å². The van der Waals surface area contributed by atoms with Crippen LogP contribution in [0.5, 0.6) is 11.5 Å². The van der Waals surface area contributed by atoms with E-state index in [1.54, 1.807) is 12.1 Å². The van der Waals surface area contributed by atoms with Crippen molar-refractivity contribution in [2.75, 3.05) is 23.6 Å². The lowest BCUT2D eigenvalue weighted by atomic mass is 10.2. The second-order valence-corrected chi connectivity index (χ2v) is 5.05. The number of hydrogen-bond donors (Lipinski definition) is 3. The Balaban J connectivity index is 1.82. The highest BCUT2D eigenvalue weighted by molar-refractivity contribution is 6.32. The standard InChI is InChI=1S/C12H11Cl2N5O2/c13-6-2-8-7(20-4-21-8)1-5(6)3-17-11-9(15)10(14)18-12(16)19-11/h1-2H,3-4,15H2,(H3,16,17,18,19). The molecule has 21 heavy (non-hydrogen) atoms. The average molecular weight is 328 g/mol. The van der Waals surface area contributed by atoms with Crippen LogP contribution in [0.25, 0.3) is 0 Å². The van der Waals surface area contributed by atoms with Gasteiger partial charge in [-0.2, -0.15) is 9.97 Å².